The van der Waals surface area contributed by atoms with E-state index in [9.17, 15) is 19.7 Å². The Morgan fingerprint density at radius 1 is 1.20 bits per heavy atom. The number of urea groups is 1. The van der Waals surface area contributed by atoms with Gasteiger partial charge >= 0.3 is 6.03 Å². The van der Waals surface area contributed by atoms with Crippen molar-refractivity contribution in [3.8, 4) is 0 Å². The first-order chi connectivity index (χ1) is 12.0. The topological polar surface area (TPSA) is 105 Å². The van der Waals surface area contributed by atoms with Crippen molar-refractivity contribution in [3.05, 3.63) is 64.2 Å². The van der Waals surface area contributed by atoms with Crippen molar-refractivity contribution in [1.82, 2.24) is 5.32 Å². The van der Waals surface area contributed by atoms with Crippen molar-refractivity contribution in [2.75, 3.05) is 23.3 Å². The van der Waals surface area contributed by atoms with Gasteiger partial charge in [-0.2, -0.15) is 0 Å². The summed E-state index contributed by atoms with van der Waals surface area (Å²) in [6.07, 6.45) is -0.0898. The molecule has 8 heteroatoms. The van der Waals surface area contributed by atoms with Crippen molar-refractivity contribution < 1.29 is 14.5 Å². The fourth-order valence-corrected chi connectivity index (χ4v) is 2.66. The molecular weight excluding hydrogens is 324 g/mol. The van der Waals surface area contributed by atoms with E-state index in [2.05, 4.69) is 10.6 Å². The molecule has 0 spiro atoms. The van der Waals surface area contributed by atoms with E-state index < -0.39 is 4.92 Å². The fourth-order valence-electron chi connectivity index (χ4n) is 2.66. The van der Waals surface area contributed by atoms with Gasteiger partial charge < -0.3 is 10.6 Å². The molecule has 0 saturated carbocycles. The second-order valence-electron chi connectivity index (χ2n) is 5.54. The predicted molar refractivity (Wildman–Crippen MR) is 92.6 cm³/mol. The Hall–Kier alpha value is -3.42. The molecule has 25 heavy (non-hydrogen) atoms. The van der Waals surface area contributed by atoms with Gasteiger partial charge in [-0.1, -0.05) is 18.2 Å². The minimum atomic E-state index is -0.501. The number of nitrogens with zero attached hydrogens (tertiary/aromatic N) is 2. The van der Waals surface area contributed by atoms with E-state index in [0.717, 1.165) is 5.69 Å². The van der Waals surface area contributed by atoms with Crippen molar-refractivity contribution in [2.45, 2.75) is 6.42 Å². The SMILES string of the molecule is O=C(Cc1ccccc1[N+](=O)[O-])Nc1ccc(N2CCNC2=O)cc1. The lowest BCUT2D eigenvalue weighted by molar-refractivity contribution is -0.385. The lowest BCUT2D eigenvalue weighted by Gasteiger charge is -2.14. The zero-order valence-electron chi connectivity index (χ0n) is 13.3. The van der Waals surface area contributed by atoms with Crippen molar-refractivity contribution >= 4 is 29.0 Å². The van der Waals surface area contributed by atoms with E-state index in [1.165, 1.54) is 6.07 Å². The second-order valence-corrected chi connectivity index (χ2v) is 5.54. The molecule has 1 saturated heterocycles. The van der Waals surface area contributed by atoms with Crippen LogP contribution >= 0.6 is 0 Å². The summed E-state index contributed by atoms with van der Waals surface area (Å²) in [4.78, 5) is 35.9. The van der Waals surface area contributed by atoms with Gasteiger partial charge in [0.15, 0.2) is 0 Å². The number of rotatable bonds is 5. The summed E-state index contributed by atoms with van der Waals surface area (Å²) in [5, 5.41) is 16.4. The van der Waals surface area contributed by atoms with E-state index in [1.807, 2.05) is 0 Å². The van der Waals surface area contributed by atoms with E-state index in [1.54, 1.807) is 47.4 Å². The zero-order chi connectivity index (χ0) is 17.8. The number of para-hydroxylation sites is 1. The number of amides is 3. The lowest BCUT2D eigenvalue weighted by atomic mass is 10.1. The maximum Gasteiger partial charge on any atom is 0.321 e. The van der Waals surface area contributed by atoms with Gasteiger partial charge in [-0.25, -0.2) is 4.79 Å². The highest BCUT2D eigenvalue weighted by Crippen LogP contribution is 2.21. The third kappa shape index (κ3) is 3.74. The van der Waals surface area contributed by atoms with Crippen LogP contribution in [0.1, 0.15) is 5.56 Å². The Morgan fingerprint density at radius 2 is 1.92 bits per heavy atom. The summed E-state index contributed by atoms with van der Waals surface area (Å²) >= 11 is 0. The molecule has 1 aliphatic heterocycles. The monoisotopic (exact) mass is 340 g/mol. The average Bonchev–Trinajstić information content (AvgIpc) is 3.02. The van der Waals surface area contributed by atoms with Crippen molar-refractivity contribution in [2.24, 2.45) is 0 Å². The number of hydrogen-bond acceptors (Lipinski definition) is 4. The van der Waals surface area contributed by atoms with Crippen LogP contribution in [0.25, 0.3) is 0 Å². The van der Waals surface area contributed by atoms with Crippen LogP contribution in [0, 0.1) is 10.1 Å². The number of nitrogens with one attached hydrogen (secondary N) is 2. The molecule has 0 aromatic heterocycles. The van der Waals surface area contributed by atoms with Crippen LogP contribution in [0.5, 0.6) is 0 Å². The number of carbonyl (C=O) groups is 2. The van der Waals surface area contributed by atoms with Gasteiger partial charge in [0.1, 0.15) is 0 Å². The van der Waals surface area contributed by atoms with Gasteiger partial charge in [0.05, 0.1) is 11.3 Å². The third-order valence-corrected chi connectivity index (χ3v) is 3.86. The minimum absolute atomic E-state index is 0.0759. The smallest absolute Gasteiger partial charge is 0.321 e. The number of nitro groups is 1. The molecule has 3 amide bonds. The predicted octanol–water partition coefficient (Wildman–Crippen LogP) is 2.31. The first-order valence-electron chi connectivity index (χ1n) is 7.72. The highest BCUT2D eigenvalue weighted by atomic mass is 16.6. The van der Waals surface area contributed by atoms with Crippen LogP contribution in [0.3, 0.4) is 0 Å². The van der Waals surface area contributed by atoms with Crippen LogP contribution < -0.4 is 15.5 Å². The molecule has 0 atom stereocenters. The molecule has 0 unspecified atom stereocenters. The minimum Gasteiger partial charge on any atom is -0.336 e. The molecule has 128 valence electrons. The molecular formula is C17H16N4O4. The number of hydrogen-bond donors (Lipinski definition) is 2. The van der Waals surface area contributed by atoms with Gasteiger partial charge in [0.2, 0.25) is 5.91 Å². The highest BCUT2D eigenvalue weighted by molar-refractivity contribution is 5.95. The Labute approximate surface area is 143 Å². The fraction of sp³-hybridized carbons (Fsp3) is 0.176. The van der Waals surface area contributed by atoms with Crippen LogP contribution in [0.15, 0.2) is 48.5 Å². The highest BCUT2D eigenvalue weighted by Gasteiger charge is 2.21. The molecule has 3 rings (SSSR count). The lowest BCUT2D eigenvalue weighted by Crippen LogP contribution is -2.27. The number of anilines is 2. The molecule has 2 N–H and O–H groups in total. The number of carbonyl (C=O) groups excluding carboxylic acids is 2. The molecule has 8 nitrogen and oxygen atoms in total. The molecule has 1 fully saturated rings. The summed E-state index contributed by atoms with van der Waals surface area (Å²) in [5.74, 6) is -0.346. The Bertz CT molecular complexity index is 820. The molecule has 1 heterocycles. The molecule has 1 aliphatic rings. The Morgan fingerprint density at radius 3 is 2.56 bits per heavy atom. The second kappa shape index (κ2) is 7.00. The van der Waals surface area contributed by atoms with Gasteiger partial charge in [-0.3, -0.25) is 19.8 Å². The Balaban J connectivity index is 1.65. The maximum absolute atomic E-state index is 12.1. The third-order valence-electron chi connectivity index (χ3n) is 3.86. The summed E-state index contributed by atoms with van der Waals surface area (Å²) < 4.78 is 0. The summed E-state index contributed by atoms with van der Waals surface area (Å²) in [7, 11) is 0. The summed E-state index contributed by atoms with van der Waals surface area (Å²) in [6.45, 7) is 1.20. The van der Waals surface area contributed by atoms with Gasteiger partial charge in [-0.05, 0) is 24.3 Å². The first-order valence-corrected chi connectivity index (χ1v) is 7.72. The molecule has 0 aliphatic carbocycles. The Kier molecular flexibility index (Phi) is 4.60. The average molecular weight is 340 g/mol. The maximum atomic E-state index is 12.1. The van der Waals surface area contributed by atoms with Gasteiger partial charge in [0.25, 0.3) is 5.69 Å². The molecule has 2 aromatic carbocycles. The van der Waals surface area contributed by atoms with Crippen LogP contribution in [0.2, 0.25) is 0 Å². The molecule has 0 bridgehead atoms. The van der Waals surface area contributed by atoms with E-state index in [-0.39, 0.29) is 24.0 Å². The van der Waals surface area contributed by atoms with Crippen molar-refractivity contribution in [1.29, 1.82) is 0 Å². The molecule has 2 aromatic rings. The normalized spacial score (nSPS) is 13.4. The van der Waals surface area contributed by atoms with Crippen LogP contribution in [-0.4, -0.2) is 30.0 Å². The van der Waals surface area contributed by atoms with Crippen LogP contribution in [-0.2, 0) is 11.2 Å². The zero-order valence-corrected chi connectivity index (χ0v) is 13.3. The largest absolute Gasteiger partial charge is 0.336 e. The summed E-state index contributed by atoms with van der Waals surface area (Å²) in [5.41, 5.74) is 1.59. The van der Waals surface area contributed by atoms with Gasteiger partial charge in [-0.15, -0.1) is 0 Å². The van der Waals surface area contributed by atoms with E-state index >= 15 is 0 Å². The number of benzene rings is 2. The summed E-state index contributed by atoms with van der Waals surface area (Å²) in [6, 6.07) is 12.9. The quantitative estimate of drug-likeness (QED) is 0.643. The first kappa shape index (κ1) is 16.4. The van der Waals surface area contributed by atoms with Crippen molar-refractivity contribution in [3.63, 3.8) is 0 Å². The van der Waals surface area contributed by atoms with E-state index in [4.69, 9.17) is 0 Å². The number of nitro benzene ring substituents is 1. The molecule has 0 radical (unpaired) electrons. The van der Waals surface area contributed by atoms with Crippen LogP contribution in [0.4, 0.5) is 21.9 Å². The van der Waals surface area contributed by atoms with E-state index in [0.29, 0.717) is 24.3 Å². The van der Waals surface area contributed by atoms with Gasteiger partial charge in [0, 0.05) is 36.1 Å². The standard InChI is InChI=1S/C17H16N4O4/c22-16(11-12-3-1-2-4-15(12)21(24)25)19-13-5-7-14(8-6-13)20-10-9-18-17(20)23/h1-8H,9-11H2,(H,18,23)(H,19,22).